The van der Waals surface area contributed by atoms with Gasteiger partial charge in [-0.2, -0.15) is 0 Å². The van der Waals surface area contributed by atoms with Crippen molar-refractivity contribution in [3.05, 3.63) is 42.2 Å². The van der Waals surface area contributed by atoms with Crippen LogP contribution >= 0.6 is 0 Å². The Balaban J connectivity index is 1.92. The summed E-state index contributed by atoms with van der Waals surface area (Å²) in [6.07, 6.45) is 2.64. The van der Waals surface area contributed by atoms with Gasteiger partial charge in [0.1, 0.15) is 18.5 Å². The summed E-state index contributed by atoms with van der Waals surface area (Å²) < 4.78 is 14.8. The lowest BCUT2D eigenvalue weighted by atomic mass is 9.80. The van der Waals surface area contributed by atoms with E-state index in [1.165, 1.54) is 40.5 Å². The van der Waals surface area contributed by atoms with E-state index in [0.29, 0.717) is 11.3 Å². The van der Waals surface area contributed by atoms with Crippen molar-refractivity contribution in [1.29, 1.82) is 0 Å². The van der Waals surface area contributed by atoms with Gasteiger partial charge in [-0.05, 0) is 18.2 Å². The third kappa shape index (κ3) is 1.13. The summed E-state index contributed by atoms with van der Waals surface area (Å²) in [7, 11) is 0. The van der Waals surface area contributed by atoms with E-state index in [2.05, 4.69) is 15.5 Å². The van der Waals surface area contributed by atoms with Gasteiger partial charge in [0.25, 0.3) is 5.91 Å². The number of halogens is 1. The van der Waals surface area contributed by atoms with E-state index < -0.39 is 11.4 Å². The lowest BCUT2D eigenvalue weighted by Gasteiger charge is -2.47. The van der Waals surface area contributed by atoms with E-state index in [1.54, 1.807) is 0 Å². The number of hydrogen-bond acceptors (Lipinski definition) is 4. The predicted octanol–water partition coefficient (Wildman–Crippen LogP) is 0.133. The first-order valence-corrected chi connectivity index (χ1v) is 5.92. The second-order valence-electron chi connectivity index (χ2n) is 4.73. The largest absolute Gasteiger partial charge is 0.323 e. The van der Waals surface area contributed by atoms with Gasteiger partial charge in [0, 0.05) is 11.3 Å². The molecule has 1 fully saturated rings. The molecule has 0 bridgehead atoms. The van der Waals surface area contributed by atoms with Crippen molar-refractivity contribution in [3.63, 3.8) is 0 Å². The van der Waals surface area contributed by atoms with Crippen LogP contribution in [0, 0.1) is 5.82 Å². The van der Waals surface area contributed by atoms with Crippen molar-refractivity contribution in [3.8, 4) is 0 Å². The molecule has 4 rings (SSSR count). The summed E-state index contributed by atoms with van der Waals surface area (Å²) >= 11 is 0. The topological polar surface area (TPSA) is 80.1 Å². The van der Waals surface area contributed by atoms with Gasteiger partial charge in [-0.1, -0.05) is 0 Å². The van der Waals surface area contributed by atoms with Crippen LogP contribution in [0.4, 0.5) is 10.1 Å². The van der Waals surface area contributed by atoms with Crippen molar-refractivity contribution < 1.29 is 14.0 Å². The molecule has 1 aromatic heterocycles. The van der Waals surface area contributed by atoms with Crippen LogP contribution in [0.3, 0.4) is 0 Å². The summed E-state index contributed by atoms with van der Waals surface area (Å²) in [6, 6.07) is 4.03. The maximum absolute atomic E-state index is 13.5. The molecule has 3 heterocycles. The van der Waals surface area contributed by atoms with E-state index in [-0.39, 0.29) is 18.2 Å². The maximum atomic E-state index is 13.5. The Morgan fingerprint density at radius 2 is 2.00 bits per heavy atom. The average molecular weight is 273 g/mol. The molecule has 8 heteroatoms. The van der Waals surface area contributed by atoms with Gasteiger partial charge in [-0.25, -0.2) is 14.1 Å². The van der Waals surface area contributed by atoms with Gasteiger partial charge in [-0.3, -0.25) is 9.59 Å². The molecule has 2 aromatic rings. The molecular weight excluding hydrogens is 265 g/mol. The van der Waals surface area contributed by atoms with Gasteiger partial charge in [0.05, 0.1) is 6.42 Å². The highest BCUT2D eigenvalue weighted by molar-refractivity contribution is 6.17. The molecule has 2 aliphatic heterocycles. The number of nitrogens with zero attached hydrogens (tertiary/aromatic N) is 4. The predicted molar refractivity (Wildman–Crippen MR) is 64.6 cm³/mol. The van der Waals surface area contributed by atoms with E-state index in [0.717, 1.165) is 0 Å². The lowest BCUT2D eigenvalue weighted by molar-refractivity contribution is -0.139. The number of carbonyl (C=O) groups excluding carboxylic acids is 2. The Hall–Kier alpha value is -2.77. The highest BCUT2D eigenvalue weighted by Gasteiger charge is 2.63. The first-order valence-electron chi connectivity index (χ1n) is 5.92. The number of amides is 2. The first kappa shape index (κ1) is 11.1. The zero-order valence-corrected chi connectivity index (χ0v) is 10.1. The maximum Gasteiger partial charge on any atom is 0.257 e. The Morgan fingerprint density at radius 3 is 2.70 bits per heavy atom. The summed E-state index contributed by atoms with van der Waals surface area (Å²) in [5.41, 5.74) is -0.241. The molecule has 100 valence electrons. The van der Waals surface area contributed by atoms with E-state index in [1.807, 2.05) is 0 Å². The smallest absolute Gasteiger partial charge is 0.257 e. The van der Waals surface area contributed by atoms with Crippen LogP contribution in [-0.4, -0.2) is 26.7 Å². The Kier molecular flexibility index (Phi) is 1.89. The highest BCUT2D eigenvalue weighted by atomic mass is 19.1. The van der Waals surface area contributed by atoms with Crippen molar-refractivity contribution >= 4 is 17.5 Å². The SMILES string of the molecule is O=C1CC2(C(=O)Nc3ccc(F)cc32)N1n1cnnc1. The molecule has 7 nitrogen and oxygen atoms in total. The number of aromatic nitrogens is 3. The number of nitrogens with one attached hydrogen (secondary N) is 1. The number of β-lactam (4-membered cyclic amide) rings is 1. The number of benzene rings is 1. The van der Waals surface area contributed by atoms with Crippen LogP contribution in [0.15, 0.2) is 30.9 Å². The minimum Gasteiger partial charge on any atom is -0.323 e. The fraction of sp³-hybridized carbons (Fsp3) is 0.167. The van der Waals surface area contributed by atoms with E-state index >= 15 is 0 Å². The summed E-state index contributed by atoms with van der Waals surface area (Å²) in [5, 5.41) is 11.2. The summed E-state index contributed by atoms with van der Waals surface area (Å²) in [6.45, 7) is 0. The molecule has 20 heavy (non-hydrogen) atoms. The molecule has 1 spiro atoms. The summed E-state index contributed by atoms with van der Waals surface area (Å²) in [5.74, 6) is -1.06. The minimum absolute atomic E-state index is 0.00648. The average Bonchev–Trinajstić information content (AvgIpc) is 2.99. The zero-order valence-electron chi connectivity index (χ0n) is 10.1. The van der Waals surface area contributed by atoms with E-state index in [4.69, 9.17) is 0 Å². The molecule has 0 radical (unpaired) electrons. The first-order chi connectivity index (χ1) is 9.63. The quantitative estimate of drug-likeness (QED) is 0.749. The fourth-order valence-corrected chi connectivity index (χ4v) is 2.82. The third-order valence-electron chi connectivity index (χ3n) is 3.69. The molecule has 2 amide bonds. The van der Waals surface area contributed by atoms with Crippen molar-refractivity contribution in [1.82, 2.24) is 14.9 Å². The molecule has 1 unspecified atom stereocenters. The van der Waals surface area contributed by atoms with Crippen LogP contribution in [0.25, 0.3) is 0 Å². The standard InChI is InChI=1S/C12H8FN5O2/c13-7-1-2-9-8(3-7)12(11(20)16-9)4-10(19)18(12)17-5-14-15-6-17/h1-3,5-6H,4H2,(H,16,20). The third-order valence-corrected chi connectivity index (χ3v) is 3.69. The number of carbonyl (C=O) groups is 2. The second-order valence-corrected chi connectivity index (χ2v) is 4.73. The highest BCUT2D eigenvalue weighted by Crippen LogP contribution is 2.48. The van der Waals surface area contributed by atoms with Crippen LogP contribution in [0.2, 0.25) is 0 Å². The molecule has 0 aliphatic carbocycles. The molecule has 1 saturated heterocycles. The monoisotopic (exact) mass is 273 g/mol. The number of hydrogen-bond donors (Lipinski definition) is 1. The van der Waals surface area contributed by atoms with Crippen molar-refractivity contribution in [2.24, 2.45) is 0 Å². The molecular formula is C12H8FN5O2. The normalized spacial score (nSPS) is 23.8. The molecule has 2 aliphatic rings. The number of fused-ring (bicyclic) bond motifs is 2. The Labute approximate surface area is 112 Å². The van der Waals surface area contributed by atoms with E-state index in [9.17, 15) is 14.0 Å². The van der Waals surface area contributed by atoms with Crippen molar-refractivity contribution in [2.45, 2.75) is 12.0 Å². The molecule has 1 atom stereocenters. The van der Waals surface area contributed by atoms with Crippen LogP contribution in [0.5, 0.6) is 0 Å². The van der Waals surface area contributed by atoms with Gasteiger partial charge < -0.3 is 5.32 Å². The summed E-state index contributed by atoms with van der Waals surface area (Å²) in [4.78, 5) is 24.2. The Bertz CT molecular complexity index is 744. The van der Waals surface area contributed by atoms with Crippen molar-refractivity contribution in [2.75, 3.05) is 10.3 Å². The zero-order chi connectivity index (χ0) is 13.9. The van der Waals surface area contributed by atoms with Gasteiger partial charge in [0.15, 0.2) is 5.54 Å². The van der Waals surface area contributed by atoms with Crippen LogP contribution in [-0.2, 0) is 15.1 Å². The number of rotatable bonds is 1. The second kappa shape index (κ2) is 3.41. The molecule has 1 aromatic carbocycles. The molecule has 0 saturated carbocycles. The van der Waals surface area contributed by atoms with Gasteiger partial charge in [-0.15, -0.1) is 10.2 Å². The van der Waals surface area contributed by atoms with Gasteiger partial charge in [0.2, 0.25) is 5.91 Å². The fourth-order valence-electron chi connectivity index (χ4n) is 2.82. The Morgan fingerprint density at radius 1 is 1.25 bits per heavy atom. The minimum atomic E-state index is -1.21. The molecule has 1 N–H and O–H groups in total. The number of anilines is 1. The van der Waals surface area contributed by atoms with Gasteiger partial charge >= 0.3 is 0 Å². The van der Waals surface area contributed by atoms with Crippen LogP contribution < -0.4 is 10.3 Å². The van der Waals surface area contributed by atoms with Crippen LogP contribution in [0.1, 0.15) is 12.0 Å². The lowest BCUT2D eigenvalue weighted by Crippen LogP contribution is -2.69.